The van der Waals surface area contributed by atoms with Gasteiger partial charge >= 0.3 is 0 Å². The monoisotopic (exact) mass is 190 g/mol. The summed E-state index contributed by atoms with van der Waals surface area (Å²) in [5, 5.41) is 0. The molecule has 0 aliphatic carbocycles. The van der Waals surface area contributed by atoms with Crippen molar-refractivity contribution in [2.24, 2.45) is 0 Å². The first-order valence-corrected chi connectivity index (χ1v) is 4.89. The molecule has 0 spiro atoms. The van der Waals surface area contributed by atoms with Gasteiger partial charge in [-0.1, -0.05) is 6.07 Å². The fraction of sp³-hybridized carbons (Fsp3) is 0.417. The Bertz CT molecular complexity index is 394. The minimum Gasteiger partial charge on any atom is -0.489 e. The lowest BCUT2D eigenvalue weighted by atomic mass is 9.97. The highest BCUT2D eigenvalue weighted by Crippen LogP contribution is 2.31. The van der Waals surface area contributed by atoms with Gasteiger partial charge in [0.15, 0.2) is 5.78 Å². The molecule has 0 fully saturated rings. The van der Waals surface area contributed by atoms with Crippen molar-refractivity contribution in [3.05, 3.63) is 28.8 Å². The maximum Gasteiger partial charge on any atom is 0.170 e. The van der Waals surface area contributed by atoms with Crippen LogP contribution in [0.3, 0.4) is 0 Å². The molecular weight excluding hydrogens is 176 g/mol. The molecule has 1 heterocycles. The van der Waals surface area contributed by atoms with Crippen LogP contribution in [0, 0.1) is 13.8 Å². The van der Waals surface area contributed by atoms with Crippen molar-refractivity contribution in [3.8, 4) is 5.75 Å². The van der Waals surface area contributed by atoms with Gasteiger partial charge in [0, 0.05) is 6.42 Å². The lowest BCUT2D eigenvalue weighted by molar-refractivity contribution is 0.0869. The van der Waals surface area contributed by atoms with Crippen LogP contribution in [0.1, 0.15) is 34.8 Å². The molecule has 74 valence electrons. The molecule has 1 aromatic carbocycles. The van der Waals surface area contributed by atoms with Gasteiger partial charge in [-0.3, -0.25) is 4.79 Å². The van der Waals surface area contributed by atoms with Crippen LogP contribution in [-0.4, -0.2) is 11.9 Å². The molecule has 2 rings (SSSR count). The average molecular weight is 190 g/mol. The van der Waals surface area contributed by atoms with Gasteiger partial charge in [0.2, 0.25) is 0 Å². The summed E-state index contributed by atoms with van der Waals surface area (Å²) >= 11 is 0. The van der Waals surface area contributed by atoms with E-state index in [9.17, 15) is 4.79 Å². The van der Waals surface area contributed by atoms with Crippen LogP contribution < -0.4 is 4.74 Å². The number of hydrogen-bond donors (Lipinski definition) is 0. The van der Waals surface area contributed by atoms with E-state index in [1.54, 1.807) is 0 Å². The van der Waals surface area contributed by atoms with Crippen molar-refractivity contribution in [2.45, 2.75) is 33.3 Å². The number of hydrogen-bond acceptors (Lipinski definition) is 2. The molecule has 1 aliphatic heterocycles. The molecule has 0 radical (unpaired) electrons. The topological polar surface area (TPSA) is 26.3 Å². The number of carbonyl (C=O) groups is 1. The molecule has 0 aromatic heterocycles. The Kier molecular flexibility index (Phi) is 2.06. The second kappa shape index (κ2) is 3.12. The summed E-state index contributed by atoms with van der Waals surface area (Å²) in [4.78, 5) is 11.7. The van der Waals surface area contributed by atoms with Crippen LogP contribution in [0.4, 0.5) is 0 Å². The number of ether oxygens (including phenoxy) is 1. The lowest BCUT2D eigenvalue weighted by Crippen LogP contribution is -2.24. The highest BCUT2D eigenvalue weighted by Gasteiger charge is 2.24. The summed E-state index contributed by atoms with van der Waals surface area (Å²) in [5.74, 6) is 0.977. The normalized spacial score (nSPS) is 20.2. The Hall–Kier alpha value is -1.31. The number of fused-ring (bicyclic) bond motifs is 1. The van der Waals surface area contributed by atoms with Crippen LogP contribution >= 0.6 is 0 Å². The third-order valence-corrected chi connectivity index (χ3v) is 2.51. The van der Waals surface area contributed by atoms with E-state index in [1.165, 1.54) is 0 Å². The van der Waals surface area contributed by atoms with Gasteiger partial charge in [0.05, 0.1) is 5.56 Å². The number of ketones is 1. The van der Waals surface area contributed by atoms with Gasteiger partial charge in [0.1, 0.15) is 11.9 Å². The summed E-state index contributed by atoms with van der Waals surface area (Å²) in [6.07, 6.45) is 0.506. The summed E-state index contributed by atoms with van der Waals surface area (Å²) in [6, 6.07) is 3.96. The van der Waals surface area contributed by atoms with E-state index in [2.05, 4.69) is 0 Å². The minimum absolute atomic E-state index is 0.0106. The molecule has 0 N–H and O–H groups in total. The zero-order valence-corrected chi connectivity index (χ0v) is 8.76. The number of aryl methyl sites for hydroxylation is 2. The summed E-state index contributed by atoms with van der Waals surface area (Å²) in [7, 11) is 0. The first-order chi connectivity index (χ1) is 6.58. The predicted molar refractivity (Wildman–Crippen MR) is 55.0 cm³/mol. The highest BCUT2D eigenvalue weighted by molar-refractivity contribution is 6.00. The average Bonchev–Trinajstić information content (AvgIpc) is 2.07. The standard InChI is InChI=1S/C12H14O2/c1-7-4-8(2)12-10(5-7)11(13)6-9(3)14-12/h4-5,9H,6H2,1-3H3. The summed E-state index contributed by atoms with van der Waals surface area (Å²) < 4.78 is 5.67. The fourth-order valence-corrected chi connectivity index (χ4v) is 1.93. The van der Waals surface area contributed by atoms with Crippen LogP contribution in [0.5, 0.6) is 5.75 Å². The smallest absolute Gasteiger partial charge is 0.170 e. The second-order valence-electron chi connectivity index (χ2n) is 4.01. The van der Waals surface area contributed by atoms with Crippen molar-refractivity contribution >= 4 is 5.78 Å². The van der Waals surface area contributed by atoms with Gasteiger partial charge in [-0.15, -0.1) is 0 Å². The van der Waals surface area contributed by atoms with Gasteiger partial charge in [-0.05, 0) is 38.0 Å². The Morgan fingerprint density at radius 3 is 2.79 bits per heavy atom. The van der Waals surface area contributed by atoms with Crippen molar-refractivity contribution in [3.63, 3.8) is 0 Å². The van der Waals surface area contributed by atoms with E-state index in [4.69, 9.17) is 4.74 Å². The van der Waals surface area contributed by atoms with E-state index in [0.29, 0.717) is 6.42 Å². The van der Waals surface area contributed by atoms with E-state index in [1.807, 2.05) is 32.9 Å². The number of carbonyl (C=O) groups excluding carboxylic acids is 1. The van der Waals surface area contributed by atoms with Crippen molar-refractivity contribution in [2.75, 3.05) is 0 Å². The number of rotatable bonds is 0. The van der Waals surface area contributed by atoms with Gasteiger partial charge in [-0.25, -0.2) is 0 Å². The number of Topliss-reactive ketones (excluding diaryl/α,β-unsaturated/α-hetero) is 1. The Balaban J connectivity index is 2.59. The molecular formula is C12H14O2. The zero-order valence-electron chi connectivity index (χ0n) is 8.76. The molecule has 0 saturated heterocycles. The van der Waals surface area contributed by atoms with Crippen LogP contribution in [0.25, 0.3) is 0 Å². The van der Waals surface area contributed by atoms with Gasteiger partial charge in [-0.2, -0.15) is 0 Å². The van der Waals surface area contributed by atoms with Crippen molar-refractivity contribution in [1.29, 1.82) is 0 Å². The fourth-order valence-electron chi connectivity index (χ4n) is 1.93. The molecule has 0 saturated carbocycles. The largest absolute Gasteiger partial charge is 0.489 e. The van der Waals surface area contributed by atoms with Crippen molar-refractivity contribution in [1.82, 2.24) is 0 Å². The molecule has 1 aromatic rings. The van der Waals surface area contributed by atoms with Crippen LogP contribution in [-0.2, 0) is 0 Å². The zero-order chi connectivity index (χ0) is 10.3. The van der Waals surface area contributed by atoms with E-state index >= 15 is 0 Å². The van der Waals surface area contributed by atoms with Crippen LogP contribution in [0.2, 0.25) is 0 Å². The van der Waals surface area contributed by atoms with Crippen LogP contribution in [0.15, 0.2) is 12.1 Å². The third-order valence-electron chi connectivity index (χ3n) is 2.51. The second-order valence-corrected chi connectivity index (χ2v) is 4.01. The summed E-state index contributed by atoms with van der Waals surface area (Å²) in [6.45, 7) is 5.91. The quantitative estimate of drug-likeness (QED) is 0.628. The van der Waals surface area contributed by atoms with Gasteiger partial charge < -0.3 is 4.74 Å². The predicted octanol–water partition coefficient (Wildman–Crippen LogP) is 2.66. The van der Waals surface area contributed by atoms with E-state index in [0.717, 1.165) is 22.4 Å². The highest BCUT2D eigenvalue weighted by atomic mass is 16.5. The first kappa shape index (κ1) is 9.25. The maximum absolute atomic E-state index is 11.7. The Morgan fingerprint density at radius 2 is 2.07 bits per heavy atom. The number of benzene rings is 1. The molecule has 2 heteroatoms. The van der Waals surface area contributed by atoms with E-state index < -0.39 is 0 Å². The molecule has 1 aliphatic rings. The van der Waals surface area contributed by atoms with Crippen molar-refractivity contribution < 1.29 is 9.53 Å². The molecule has 2 nitrogen and oxygen atoms in total. The molecule has 1 unspecified atom stereocenters. The maximum atomic E-state index is 11.7. The SMILES string of the molecule is Cc1cc(C)c2c(c1)C(=O)CC(C)O2. The molecule has 14 heavy (non-hydrogen) atoms. The lowest BCUT2D eigenvalue weighted by Gasteiger charge is -2.24. The van der Waals surface area contributed by atoms with E-state index in [-0.39, 0.29) is 11.9 Å². The molecule has 0 amide bonds. The first-order valence-electron chi connectivity index (χ1n) is 4.89. The Morgan fingerprint density at radius 1 is 1.36 bits per heavy atom. The minimum atomic E-state index is 0.0106. The summed E-state index contributed by atoms with van der Waals surface area (Å²) in [5.41, 5.74) is 2.92. The molecule has 0 bridgehead atoms. The van der Waals surface area contributed by atoms with Gasteiger partial charge in [0.25, 0.3) is 0 Å². The molecule has 1 atom stereocenters. The Labute approximate surface area is 83.9 Å². The third kappa shape index (κ3) is 1.41.